The van der Waals surface area contributed by atoms with E-state index in [0.717, 1.165) is 38.5 Å². The van der Waals surface area contributed by atoms with Crippen molar-refractivity contribution in [2.75, 3.05) is 38.2 Å². The number of carbonyl (C=O) groups is 3. The summed E-state index contributed by atoms with van der Waals surface area (Å²) in [5.74, 6) is -1.23. The first-order valence-electron chi connectivity index (χ1n) is 13.4. The second-order valence-electron chi connectivity index (χ2n) is 10.4. The van der Waals surface area contributed by atoms with Gasteiger partial charge in [-0.3, -0.25) is 14.4 Å². The summed E-state index contributed by atoms with van der Waals surface area (Å²) in [5.41, 5.74) is 0.699. The Kier molecular flexibility index (Phi) is 9.27. The minimum absolute atomic E-state index is 0.0223. The predicted octanol–water partition coefficient (Wildman–Crippen LogP) is 4.15. The Labute approximate surface area is 234 Å². The van der Waals surface area contributed by atoms with Crippen molar-refractivity contribution in [3.8, 4) is 0 Å². The van der Waals surface area contributed by atoms with Gasteiger partial charge in [0.1, 0.15) is 6.04 Å². The van der Waals surface area contributed by atoms with Crippen LogP contribution in [-0.2, 0) is 14.4 Å². The molecule has 0 saturated carbocycles. The van der Waals surface area contributed by atoms with E-state index in [-0.39, 0.29) is 29.6 Å². The summed E-state index contributed by atoms with van der Waals surface area (Å²) in [7, 11) is 1.75. The molecular weight excluding hydrogens is 522 g/mol. The molecular formula is C29H38ClN3O4S. The topological polar surface area (TPSA) is 81.2 Å². The fraction of sp³-hybridized carbons (Fsp3) is 0.552. The van der Waals surface area contributed by atoms with Gasteiger partial charge in [0, 0.05) is 49.2 Å². The minimum Gasteiger partial charge on any atom is -0.396 e. The molecule has 1 N–H and O–H groups in total. The Morgan fingerprint density at radius 2 is 1.82 bits per heavy atom. The van der Waals surface area contributed by atoms with E-state index in [1.165, 1.54) is 0 Å². The number of nitrogens with zero attached hydrogens (tertiary/aromatic N) is 3. The van der Waals surface area contributed by atoms with Crippen LogP contribution in [0.4, 0.5) is 5.69 Å². The number of carbonyl (C=O) groups excluding carboxylic acids is 3. The van der Waals surface area contributed by atoms with E-state index >= 15 is 0 Å². The third kappa shape index (κ3) is 5.15. The Bertz CT molecular complexity index is 1070. The first-order valence-corrected chi connectivity index (χ1v) is 14.7. The minimum atomic E-state index is -0.661. The van der Waals surface area contributed by atoms with Crippen molar-refractivity contribution < 1.29 is 19.5 Å². The van der Waals surface area contributed by atoms with Crippen LogP contribution in [0.1, 0.15) is 38.5 Å². The average Bonchev–Trinajstić information content (AvgIpc) is 3.54. The molecule has 1 aromatic rings. The Hall–Kier alpha value is -2.29. The van der Waals surface area contributed by atoms with Crippen LogP contribution < -0.4 is 4.90 Å². The molecule has 0 aliphatic carbocycles. The van der Waals surface area contributed by atoms with E-state index in [1.807, 2.05) is 12.1 Å². The van der Waals surface area contributed by atoms with Crippen LogP contribution in [0.15, 0.2) is 49.6 Å². The third-order valence-corrected chi connectivity index (χ3v) is 10.3. The highest BCUT2D eigenvalue weighted by Crippen LogP contribution is 2.66. The van der Waals surface area contributed by atoms with Gasteiger partial charge in [-0.15, -0.1) is 24.9 Å². The molecule has 3 saturated heterocycles. The van der Waals surface area contributed by atoms with Crippen LogP contribution in [-0.4, -0.2) is 82.0 Å². The smallest absolute Gasteiger partial charge is 0.251 e. The summed E-state index contributed by atoms with van der Waals surface area (Å²) < 4.78 is -0.634. The number of rotatable bonds is 13. The largest absolute Gasteiger partial charge is 0.396 e. The van der Waals surface area contributed by atoms with Crippen molar-refractivity contribution >= 4 is 46.8 Å². The van der Waals surface area contributed by atoms with Gasteiger partial charge in [0.05, 0.1) is 16.6 Å². The van der Waals surface area contributed by atoms with E-state index in [1.54, 1.807) is 57.8 Å². The molecule has 4 rings (SSSR count). The summed E-state index contributed by atoms with van der Waals surface area (Å²) >= 11 is 7.80. The number of likely N-dealkylation sites (N-methyl/N-ethyl adjacent to an activating group) is 1. The zero-order valence-electron chi connectivity index (χ0n) is 22.1. The lowest BCUT2D eigenvalue weighted by Gasteiger charge is -2.37. The molecule has 3 amide bonds. The van der Waals surface area contributed by atoms with Gasteiger partial charge < -0.3 is 19.8 Å². The zero-order chi connectivity index (χ0) is 27.4. The molecule has 9 heteroatoms. The molecule has 5 atom stereocenters. The average molecular weight is 560 g/mol. The van der Waals surface area contributed by atoms with Gasteiger partial charge in [-0.25, -0.2) is 0 Å². The molecule has 3 fully saturated rings. The lowest BCUT2D eigenvalue weighted by molar-refractivity contribution is -0.143. The Morgan fingerprint density at radius 1 is 1.13 bits per heavy atom. The van der Waals surface area contributed by atoms with Gasteiger partial charge >= 0.3 is 0 Å². The molecule has 0 aromatic heterocycles. The van der Waals surface area contributed by atoms with Crippen molar-refractivity contribution in [2.24, 2.45) is 11.8 Å². The number of halogens is 1. The summed E-state index contributed by atoms with van der Waals surface area (Å²) in [6, 6.07) is 6.46. The van der Waals surface area contributed by atoms with Crippen LogP contribution in [0, 0.1) is 11.8 Å². The molecule has 206 valence electrons. The predicted molar refractivity (Wildman–Crippen MR) is 153 cm³/mol. The highest BCUT2D eigenvalue weighted by Gasteiger charge is 2.73. The molecule has 2 unspecified atom stereocenters. The highest BCUT2D eigenvalue weighted by atomic mass is 35.5. The number of hydrogen-bond acceptors (Lipinski definition) is 5. The SMILES string of the molecule is C=CCN(C)C(=O)[C@@H]1[C@H]2C(=O)N(CCCCCCO)C(C(=O)N(CC=C)c3ccc(Cl)cc3)C23CC[C@H]1S3. The first-order chi connectivity index (χ1) is 18.3. The van der Waals surface area contributed by atoms with Crippen LogP contribution in [0.3, 0.4) is 0 Å². The van der Waals surface area contributed by atoms with Crippen LogP contribution in [0.5, 0.6) is 0 Å². The van der Waals surface area contributed by atoms with E-state index < -0.39 is 22.6 Å². The van der Waals surface area contributed by atoms with E-state index in [9.17, 15) is 14.4 Å². The quantitative estimate of drug-likeness (QED) is 0.290. The number of hydrogen-bond donors (Lipinski definition) is 1. The van der Waals surface area contributed by atoms with Crippen LogP contribution in [0.25, 0.3) is 0 Å². The maximum Gasteiger partial charge on any atom is 0.251 e. The molecule has 3 heterocycles. The fourth-order valence-electron chi connectivity index (χ4n) is 6.46. The van der Waals surface area contributed by atoms with Crippen LogP contribution >= 0.6 is 23.4 Å². The van der Waals surface area contributed by atoms with Gasteiger partial charge in [0.15, 0.2) is 0 Å². The standard InChI is InChI=1S/C29H38ClN3O4S/c1-4-16-31(3)26(35)23-22-14-15-29(38-22)24(23)27(36)33(18-8-6-7-9-19-34)25(29)28(37)32(17-5-2)21-12-10-20(30)11-13-21/h4-5,10-13,22-25,34H,1-2,6-9,14-19H2,3H3/t22-,23+,24+,25?,29?/m1/s1. The number of benzene rings is 1. The molecule has 1 aromatic carbocycles. The molecule has 1 spiro atoms. The van der Waals surface area contributed by atoms with Crippen LogP contribution in [0.2, 0.25) is 5.02 Å². The molecule has 2 bridgehead atoms. The first kappa shape index (κ1) is 28.7. The van der Waals surface area contributed by atoms with Gasteiger partial charge in [-0.05, 0) is 49.9 Å². The van der Waals surface area contributed by atoms with Gasteiger partial charge in [-0.2, -0.15) is 0 Å². The van der Waals surface area contributed by atoms with Crippen molar-refractivity contribution in [1.82, 2.24) is 9.80 Å². The number of anilines is 1. The molecule has 38 heavy (non-hydrogen) atoms. The Morgan fingerprint density at radius 3 is 2.47 bits per heavy atom. The summed E-state index contributed by atoms with van der Waals surface area (Å²) in [4.78, 5) is 47.2. The zero-order valence-corrected chi connectivity index (χ0v) is 23.6. The lowest BCUT2D eigenvalue weighted by Crippen LogP contribution is -2.55. The van der Waals surface area contributed by atoms with Crippen molar-refractivity contribution in [1.29, 1.82) is 0 Å². The van der Waals surface area contributed by atoms with Gasteiger partial charge in [-0.1, -0.05) is 36.6 Å². The number of aliphatic hydroxyl groups excluding tert-OH is 1. The third-order valence-electron chi connectivity index (χ3n) is 8.12. The summed E-state index contributed by atoms with van der Waals surface area (Å²) in [6.45, 7) is 8.94. The maximum absolute atomic E-state index is 14.4. The second-order valence-corrected chi connectivity index (χ2v) is 12.5. The van der Waals surface area contributed by atoms with Crippen molar-refractivity contribution in [2.45, 2.75) is 54.6 Å². The van der Waals surface area contributed by atoms with Gasteiger partial charge in [0.2, 0.25) is 11.8 Å². The van der Waals surface area contributed by atoms with E-state index in [4.69, 9.17) is 16.7 Å². The van der Waals surface area contributed by atoms with Crippen molar-refractivity contribution in [3.63, 3.8) is 0 Å². The number of thioether (sulfide) groups is 1. The fourth-order valence-corrected chi connectivity index (χ4v) is 8.79. The monoisotopic (exact) mass is 559 g/mol. The normalized spacial score (nSPS) is 27.3. The number of fused-ring (bicyclic) bond motifs is 1. The molecule has 3 aliphatic heterocycles. The maximum atomic E-state index is 14.4. The number of unbranched alkanes of at least 4 members (excludes halogenated alkanes) is 3. The molecule has 7 nitrogen and oxygen atoms in total. The Balaban J connectivity index is 1.70. The second kappa shape index (κ2) is 12.3. The van der Waals surface area contributed by atoms with Crippen molar-refractivity contribution in [3.05, 3.63) is 54.6 Å². The van der Waals surface area contributed by atoms with E-state index in [2.05, 4.69) is 13.2 Å². The number of likely N-dealkylation sites (tertiary alicyclic amines) is 1. The highest BCUT2D eigenvalue weighted by molar-refractivity contribution is 8.02. The number of aliphatic hydroxyl groups is 1. The summed E-state index contributed by atoms with van der Waals surface area (Å²) in [6.07, 6.45) is 8.10. The summed E-state index contributed by atoms with van der Waals surface area (Å²) in [5, 5.41) is 9.74. The lowest BCUT2D eigenvalue weighted by atomic mass is 9.70. The van der Waals surface area contributed by atoms with E-state index in [0.29, 0.717) is 30.3 Å². The molecule has 3 aliphatic rings. The van der Waals surface area contributed by atoms with Gasteiger partial charge in [0.25, 0.3) is 5.91 Å². The molecule has 0 radical (unpaired) electrons. The number of amides is 3.